The van der Waals surface area contributed by atoms with Gasteiger partial charge in [0.15, 0.2) is 5.13 Å². The van der Waals surface area contributed by atoms with E-state index in [1.807, 2.05) is 0 Å². The molecule has 1 aliphatic rings. The molecule has 6 heteroatoms. The molecule has 2 rings (SSSR count). The van der Waals surface area contributed by atoms with Crippen LogP contribution in [0.2, 0.25) is 0 Å². The highest BCUT2D eigenvalue weighted by molar-refractivity contribution is 7.17. The Labute approximate surface area is 110 Å². The molecule has 0 spiro atoms. The van der Waals surface area contributed by atoms with Gasteiger partial charge in [-0.3, -0.25) is 4.79 Å². The van der Waals surface area contributed by atoms with Crippen LogP contribution in [0.1, 0.15) is 41.8 Å². The molecule has 0 aromatic carbocycles. The number of aromatic nitrogens is 1. The highest BCUT2D eigenvalue weighted by Gasteiger charge is 2.19. The summed E-state index contributed by atoms with van der Waals surface area (Å²) in [6, 6.07) is 0. The number of hydrogen-bond donors (Lipinski definition) is 1. The predicted octanol–water partition coefficient (Wildman–Crippen LogP) is 2.45. The van der Waals surface area contributed by atoms with Gasteiger partial charge >= 0.3 is 5.97 Å². The van der Waals surface area contributed by atoms with Crippen LogP contribution in [-0.4, -0.2) is 24.0 Å². The minimum Gasteiger partial charge on any atom is -0.465 e. The number of rotatable bonds is 4. The van der Waals surface area contributed by atoms with E-state index in [1.54, 1.807) is 0 Å². The summed E-state index contributed by atoms with van der Waals surface area (Å²) in [6.07, 6.45) is 6.69. The van der Waals surface area contributed by atoms with Gasteiger partial charge in [0, 0.05) is 6.42 Å². The summed E-state index contributed by atoms with van der Waals surface area (Å²) in [4.78, 5) is 27.4. The predicted molar refractivity (Wildman–Crippen MR) is 68.7 cm³/mol. The number of amides is 1. The summed E-state index contributed by atoms with van der Waals surface area (Å²) < 4.78 is 4.58. The van der Waals surface area contributed by atoms with E-state index in [4.69, 9.17) is 0 Å². The van der Waals surface area contributed by atoms with Crippen LogP contribution in [0, 0.1) is 5.92 Å². The van der Waals surface area contributed by atoms with Gasteiger partial charge < -0.3 is 10.1 Å². The first-order valence-electron chi connectivity index (χ1n) is 6.03. The molecular weight excluding hydrogens is 252 g/mol. The molecule has 98 valence electrons. The van der Waals surface area contributed by atoms with Gasteiger partial charge in [0.1, 0.15) is 4.88 Å². The number of carbonyl (C=O) groups is 2. The van der Waals surface area contributed by atoms with Gasteiger partial charge in [-0.15, -0.1) is 0 Å². The van der Waals surface area contributed by atoms with Crippen LogP contribution in [-0.2, 0) is 9.53 Å². The normalized spacial score (nSPS) is 15.6. The third-order valence-corrected chi connectivity index (χ3v) is 3.98. The van der Waals surface area contributed by atoms with Crippen molar-refractivity contribution in [3.63, 3.8) is 0 Å². The topological polar surface area (TPSA) is 68.3 Å². The number of esters is 1. The summed E-state index contributed by atoms with van der Waals surface area (Å²) >= 11 is 1.13. The third-order valence-electron chi connectivity index (χ3n) is 3.09. The Kier molecular flexibility index (Phi) is 4.30. The second kappa shape index (κ2) is 5.95. The zero-order valence-electron chi connectivity index (χ0n) is 10.3. The Morgan fingerprint density at radius 3 is 2.89 bits per heavy atom. The number of ether oxygens (including phenoxy) is 1. The van der Waals surface area contributed by atoms with E-state index in [1.165, 1.54) is 26.1 Å². The molecule has 0 aliphatic heterocycles. The van der Waals surface area contributed by atoms with Crippen LogP contribution >= 0.6 is 11.3 Å². The van der Waals surface area contributed by atoms with Crippen molar-refractivity contribution in [2.24, 2.45) is 5.92 Å². The second-order valence-corrected chi connectivity index (χ2v) is 5.45. The van der Waals surface area contributed by atoms with E-state index in [2.05, 4.69) is 15.0 Å². The minimum atomic E-state index is -0.427. The average Bonchev–Trinajstić information content (AvgIpc) is 2.99. The smallest absolute Gasteiger partial charge is 0.349 e. The van der Waals surface area contributed by atoms with Crippen molar-refractivity contribution in [1.82, 2.24) is 4.98 Å². The van der Waals surface area contributed by atoms with E-state index in [9.17, 15) is 9.59 Å². The molecule has 0 radical (unpaired) electrons. The molecule has 1 N–H and O–H groups in total. The van der Waals surface area contributed by atoms with Crippen molar-refractivity contribution in [2.45, 2.75) is 32.1 Å². The molecule has 1 aromatic heterocycles. The van der Waals surface area contributed by atoms with Crippen molar-refractivity contribution in [3.05, 3.63) is 11.1 Å². The van der Waals surface area contributed by atoms with Gasteiger partial charge in [-0.2, -0.15) is 0 Å². The number of methoxy groups -OCH3 is 1. The first-order chi connectivity index (χ1) is 8.69. The van der Waals surface area contributed by atoms with Crippen molar-refractivity contribution in [1.29, 1.82) is 0 Å². The molecule has 1 aromatic rings. The number of thiazole rings is 1. The number of nitrogens with one attached hydrogen (secondary N) is 1. The summed E-state index contributed by atoms with van der Waals surface area (Å²) in [6.45, 7) is 0. The lowest BCUT2D eigenvalue weighted by Crippen LogP contribution is -2.14. The van der Waals surface area contributed by atoms with E-state index in [-0.39, 0.29) is 5.91 Å². The monoisotopic (exact) mass is 268 g/mol. The fourth-order valence-corrected chi connectivity index (χ4v) is 2.92. The molecule has 0 atom stereocenters. The molecule has 0 unspecified atom stereocenters. The lowest BCUT2D eigenvalue weighted by atomic mass is 10.0. The van der Waals surface area contributed by atoms with Crippen molar-refractivity contribution >= 4 is 28.3 Å². The Morgan fingerprint density at radius 2 is 2.22 bits per heavy atom. The molecule has 0 saturated heterocycles. The lowest BCUT2D eigenvalue weighted by molar-refractivity contribution is -0.117. The van der Waals surface area contributed by atoms with E-state index in [0.717, 1.165) is 24.2 Å². The zero-order valence-corrected chi connectivity index (χ0v) is 11.1. The zero-order chi connectivity index (χ0) is 13.0. The van der Waals surface area contributed by atoms with Crippen LogP contribution < -0.4 is 5.32 Å². The van der Waals surface area contributed by atoms with E-state index >= 15 is 0 Å². The molecular formula is C12H16N2O3S. The lowest BCUT2D eigenvalue weighted by Gasteiger charge is -2.07. The third kappa shape index (κ3) is 3.29. The summed E-state index contributed by atoms with van der Waals surface area (Å²) in [5.74, 6) is 0.0569. The summed E-state index contributed by atoms with van der Waals surface area (Å²) in [5.41, 5.74) is 0. The Hall–Kier alpha value is -1.43. The number of nitrogens with zero attached hydrogens (tertiary/aromatic N) is 1. The Balaban J connectivity index is 1.86. The van der Waals surface area contributed by atoms with Gasteiger partial charge in [0.2, 0.25) is 5.91 Å². The minimum absolute atomic E-state index is 0.0207. The van der Waals surface area contributed by atoms with E-state index in [0.29, 0.717) is 22.3 Å². The molecule has 1 aliphatic carbocycles. The van der Waals surface area contributed by atoms with Crippen LogP contribution in [0.25, 0.3) is 0 Å². The second-order valence-electron chi connectivity index (χ2n) is 4.42. The molecule has 1 fully saturated rings. The number of hydrogen-bond acceptors (Lipinski definition) is 5. The largest absolute Gasteiger partial charge is 0.465 e. The SMILES string of the molecule is COC(=O)c1cnc(NC(=O)CC2CCCC2)s1. The molecule has 1 heterocycles. The highest BCUT2D eigenvalue weighted by atomic mass is 32.1. The average molecular weight is 268 g/mol. The fourth-order valence-electron chi connectivity index (χ4n) is 2.17. The maximum atomic E-state index is 11.8. The van der Waals surface area contributed by atoms with Gasteiger partial charge in [-0.05, 0) is 18.8 Å². The highest BCUT2D eigenvalue weighted by Crippen LogP contribution is 2.28. The van der Waals surface area contributed by atoms with Crippen LogP contribution in [0.4, 0.5) is 5.13 Å². The Bertz CT molecular complexity index is 438. The molecule has 18 heavy (non-hydrogen) atoms. The van der Waals surface area contributed by atoms with Crippen LogP contribution in [0.15, 0.2) is 6.20 Å². The molecule has 5 nitrogen and oxygen atoms in total. The first-order valence-corrected chi connectivity index (χ1v) is 6.84. The molecule has 1 saturated carbocycles. The van der Waals surface area contributed by atoms with Crippen molar-refractivity contribution in [2.75, 3.05) is 12.4 Å². The van der Waals surface area contributed by atoms with E-state index < -0.39 is 5.97 Å². The molecule has 1 amide bonds. The summed E-state index contributed by atoms with van der Waals surface area (Å²) in [7, 11) is 1.32. The van der Waals surface area contributed by atoms with Crippen LogP contribution in [0.3, 0.4) is 0 Å². The molecule has 0 bridgehead atoms. The maximum absolute atomic E-state index is 11.8. The van der Waals surface area contributed by atoms with Gasteiger partial charge in [0.25, 0.3) is 0 Å². The number of anilines is 1. The van der Waals surface area contributed by atoms with Gasteiger partial charge in [-0.1, -0.05) is 24.2 Å². The summed E-state index contributed by atoms with van der Waals surface area (Å²) in [5, 5.41) is 3.19. The van der Waals surface area contributed by atoms with Crippen molar-refractivity contribution in [3.8, 4) is 0 Å². The number of carbonyl (C=O) groups excluding carboxylic acids is 2. The fraction of sp³-hybridized carbons (Fsp3) is 0.583. The van der Waals surface area contributed by atoms with Crippen molar-refractivity contribution < 1.29 is 14.3 Å². The first kappa shape index (κ1) is 13.0. The van der Waals surface area contributed by atoms with Gasteiger partial charge in [0.05, 0.1) is 13.3 Å². The Morgan fingerprint density at radius 1 is 1.50 bits per heavy atom. The van der Waals surface area contributed by atoms with Crippen LogP contribution in [0.5, 0.6) is 0 Å². The van der Waals surface area contributed by atoms with Gasteiger partial charge in [-0.25, -0.2) is 9.78 Å². The standard InChI is InChI=1S/C12H16N2O3S/c1-17-11(16)9-7-13-12(18-9)14-10(15)6-8-4-2-3-5-8/h7-8H,2-6H2,1H3,(H,13,14,15). The quantitative estimate of drug-likeness (QED) is 0.852. The maximum Gasteiger partial charge on any atom is 0.349 e.